The van der Waals surface area contributed by atoms with Crippen LogP contribution in [0.2, 0.25) is 5.02 Å². The highest BCUT2D eigenvalue weighted by Gasteiger charge is 2.14. The minimum absolute atomic E-state index is 0.199. The fraction of sp³-hybridized carbons (Fsp3) is 0.333. The maximum absolute atomic E-state index is 12.0. The Balaban J connectivity index is 2.05. The molecule has 1 aliphatic heterocycles. The molecule has 1 heterocycles. The fourth-order valence-corrected chi connectivity index (χ4v) is 3.07. The molecule has 1 aromatic rings. The van der Waals surface area contributed by atoms with E-state index >= 15 is 0 Å². The Hall–Kier alpha value is -0.880. The average molecular weight is 287 g/mol. The van der Waals surface area contributed by atoms with Gasteiger partial charge in [-0.2, -0.15) is 0 Å². The maximum atomic E-state index is 12.0. The fourth-order valence-electron chi connectivity index (χ4n) is 1.74. The molecule has 0 aliphatic carbocycles. The number of hydrogen-bond donors (Lipinski definition) is 2. The predicted molar refractivity (Wildman–Crippen MR) is 72.2 cm³/mol. The van der Waals surface area contributed by atoms with Gasteiger partial charge in [-0.1, -0.05) is 29.3 Å². The van der Waals surface area contributed by atoms with E-state index in [9.17, 15) is 8.42 Å². The van der Waals surface area contributed by atoms with E-state index in [2.05, 4.69) is 10.0 Å². The predicted octanol–water partition coefficient (Wildman–Crippen LogP) is 1.54. The second-order valence-corrected chi connectivity index (χ2v) is 6.30. The molecular weight excluding hydrogens is 272 g/mol. The van der Waals surface area contributed by atoms with Gasteiger partial charge in [-0.25, -0.2) is 13.1 Å². The molecule has 0 radical (unpaired) electrons. The molecule has 0 spiro atoms. The summed E-state index contributed by atoms with van der Waals surface area (Å²) >= 11 is 5.79. The number of hydrogen-bond acceptors (Lipinski definition) is 3. The third-order valence-corrected chi connectivity index (χ3v) is 4.39. The zero-order valence-corrected chi connectivity index (χ0v) is 11.4. The molecule has 0 amide bonds. The summed E-state index contributed by atoms with van der Waals surface area (Å²) in [7, 11) is -3.48. The Morgan fingerprint density at radius 1 is 1.39 bits per heavy atom. The molecule has 0 unspecified atom stereocenters. The minimum atomic E-state index is -3.48. The van der Waals surface area contributed by atoms with Gasteiger partial charge >= 0.3 is 0 Å². The van der Waals surface area contributed by atoms with Crippen molar-refractivity contribution in [3.8, 4) is 0 Å². The molecule has 1 aliphatic rings. The summed E-state index contributed by atoms with van der Waals surface area (Å²) < 4.78 is 26.6. The van der Waals surface area contributed by atoms with Crippen LogP contribution in [0.1, 0.15) is 6.42 Å². The number of halogens is 1. The first-order valence-electron chi connectivity index (χ1n) is 5.72. The molecular formula is C12H15ClN2O2S. The average Bonchev–Trinajstić information content (AvgIpc) is 2.38. The number of benzene rings is 1. The van der Waals surface area contributed by atoms with E-state index in [4.69, 9.17) is 11.6 Å². The Morgan fingerprint density at radius 3 is 2.89 bits per heavy atom. The van der Waals surface area contributed by atoms with Crippen molar-refractivity contribution in [2.24, 2.45) is 0 Å². The van der Waals surface area contributed by atoms with Crippen molar-refractivity contribution >= 4 is 21.6 Å². The van der Waals surface area contributed by atoms with Crippen LogP contribution in [0.15, 0.2) is 40.8 Å². The van der Waals surface area contributed by atoms with Crippen LogP contribution in [0.25, 0.3) is 0 Å². The maximum Gasteiger partial charge on any atom is 0.240 e. The summed E-state index contributed by atoms with van der Waals surface area (Å²) in [6, 6.07) is 6.25. The Labute approximate surface area is 112 Å². The highest BCUT2D eigenvalue weighted by molar-refractivity contribution is 7.89. The normalized spacial score (nSPS) is 16.4. The van der Waals surface area contributed by atoms with Gasteiger partial charge in [0.1, 0.15) is 0 Å². The van der Waals surface area contributed by atoms with Gasteiger partial charge in [0.25, 0.3) is 0 Å². The molecule has 0 bridgehead atoms. The Kier molecular flexibility index (Phi) is 4.40. The highest BCUT2D eigenvalue weighted by atomic mass is 35.5. The van der Waals surface area contributed by atoms with Gasteiger partial charge in [-0.3, -0.25) is 0 Å². The number of nitrogens with one attached hydrogen (secondary N) is 2. The van der Waals surface area contributed by atoms with E-state index in [0.717, 1.165) is 25.1 Å². The molecule has 4 nitrogen and oxygen atoms in total. The van der Waals surface area contributed by atoms with Crippen LogP contribution >= 0.6 is 11.6 Å². The van der Waals surface area contributed by atoms with Crippen LogP contribution < -0.4 is 10.0 Å². The first-order valence-corrected chi connectivity index (χ1v) is 7.58. The molecule has 0 saturated heterocycles. The Bertz CT molecular complexity index is 555. The first-order chi connectivity index (χ1) is 8.58. The van der Waals surface area contributed by atoms with Gasteiger partial charge in [-0.05, 0) is 31.2 Å². The van der Waals surface area contributed by atoms with Crippen LogP contribution in [0.3, 0.4) is 0 Å². The van der Waals surface area contributed by atoms with Crippen LogP contribution in [0, 0.1) is 0 Å². The molecule has 2 N–H and O–H groups in total. The van der Waals surface area contributed by atoms with Gasteiger partial charge in [0, 0.05) is 18.1 Å². The lowest BCUT2D eigenvalue weighted by Gasteiger charge is -2.14. The molecule has 18 heavy (non-hydrogen) atoms. The van der Waals surface area contributed by atoms with Crippen molar-refractivity contribution in [1.82, 2.24) is 10.0 Å². The second kappa shape index (κ2) is 5.84. The highest BCUT2D eigenvalue weighted by Crippen LogP contribution is 2.15. The van der Waals surface area contributed by atoms with Gasteiger partial charge in [0.15, 0.2) is 0 Å². The molecule has 0 aromatic heterocycles. The quantitative estimate of drug-likeness (QED) is 0.826. The van der Waals surface area contributed by atoms with Crippen molar-refractivity contribution < 1.29 is 8.42 Å². The van der Waals surface area contributed by atoms with Gasteiger partial charge < -0.3 is 5.32 Å². The molecule has 6 heteroatoms. The van der Waals surface area contributed by atoms with Crippen molar-refractivity contribution in [2.75, 3.05) is 19.6 Å². The largest absolute Gasteiger partial charge is 0.313 e. The molecule has 0 atom stereocenters. The van der Waals surface area contributed by atoms with Crippen LogP contribution in [-0.2, 0) is 10.0 Å². The summed E-state index contributed by atoms with van der Waals surface area (Å²) in [6.07, 6.45) is 2.89. The van der Waals surface area contributed by atoms with Crippen molar-refractivity contribution in [3.05, 3.63) is 40.9 Å². The summed E-state index contributed by atoms with van der Waals surface area (Å²) in [5, 5.41) is 3.60. The summed E-state index contributed by atoms with van der Waals surface area (Å²) in [4.78, 5) is 0.199. The summed E-state index contributed by atoms with van der Waals surface area (Å²) in [5.41, 5.74) is 1.11. The van der Waals surface area contributed by atoms with E-state index in [0.29, 0.717) is 11.6 Å². The van der Waals surface area contributed by atoms with E-state index in [1.807, 2.05) is 6.08 Å². The van der Waals surface area contributed by atoms with Crippen molar-refractivity contribution in [1.29, 1.82) is 0 Å². The number of sulfonamides is 1. The van der Waals surface area contributed by atoms with Gasteiger partial charge in [-0.15, -0.1) is 0 Å². The van der Waals surface area contributed by atoms with E-state index in [1.54, 1.807) is 12.1 Å². The minimum Gasteiger partial charge on any atom is -0.313 e. The standard InChI is InChI=1S/C12H15ClN2O2S/c13-11-2-1-3-12(8-11)18(16,17)15-9-10-4-6-14-7-5-10/h1-4,8,14-15H,5-7,9H2. The molecule has 2 rings (SSSR count). The van der Waals surface area contributed by atoms with E-state index in [1.165, 1.54) is 12.1 Å². The van der Waals surface area contributed by atoms with Crippen molar-refractivity contribution in [3.63, 3.8) is 0 Å². The second-order valence-electron chi connectivity index (χ2n) is 4.10. The zero-order chi connectivity index (χ0) is 13.0. The zero-order valence-electron chi connectivity index (χ0n) is 9.82. The van der Waals surface area contributed by atoms with E-state index in [-0.39, 0.29) is 4.90 Å². The first kappa shape index (κ1) is 13.5. The SMILES string of the molecule is O=S(=O)(NCC1=CCNCC1)c1cccc(Cl)c1. The molecule has 1 aromatic carbocycles. The molecule has 0 saturated carbocycles. The van der Waals surface area contributed by atoms with E-state index < -0.39 is 10.0 Å². The van der Waals surface area contributed by atoms with Crippen molar-refractivity contribution in [2.45, 2.75) is 11.3 Å². The lowest BCUT2D eigenvalue weighted by atomic mass is 10.1. The molecule has 0 fully saturated rings. The third kappa shape index (κ3) is 3.55. The van der Waals surface area contributed by atoms with Crippen LogP contribution in [0.4, 0.5) is 0 Å². The monoisotopic (exact) mass is 286 g/mol. The lowest BCUT2D eigenvalue weighted by Crippen LogP contribution is -2.29. The summed E-state index contributed by atoms with van der Waals surface area (Å²) in [5.74, 6) is 0. The van der Waals surface area contributed by atoms with Gasteiger partial charge in [0.05, 0.1) is 4.90 Å². The van der Waals surface area contributed by atoms with Crippen LogP contribution in [-0.4, -0.2) is 28.1 Å². The van der Waals surface area contributed by atoms with Gasteiger partial charge in [0.2, 0.25) is 10.0 Å². The molecule has 98 valence electrons. The number of rotatable bonds is 4. The lowest BCUT2D eigenvalue weighted by molar-refractivity contribution is 0.582. The smallest absolute Gasteiger partial charge is 0.240 e. The summed E-state index contributed by atoms with van der Waals surface area (Å²) in [6.45, 7) is 2.05. The third-order valence-electron chi connectivity index (χ3n) is 2.75. The van der Waals surface area contributed by atoms with Crippen LogP contribution in [0.5, 0.6) is 0 Å². The Morgan fingerprint density at radius 2 is 2.22 bits per heavy atom. The topological polar surface area (TPSA) is 58.2 Å².